The Morgan fingerprint density at radius 3 is 2.38 bits per heavy atom. The van der Waals surface area contributed by atoms with Crippen LogP contribution >= 0.6 is 19.0 Å². The molecule has 1 atom stereocenters. The van der Waals surface area contributed by atoms with Crippen LogP contribution in [0.5, 0.6) is 0 Å². The molecular formula is C9H10ClO2P. The van der Waals surface area contributed by atoms with Crippen molar-refractivity contribution in [2.24, 2.45) is 0 Å². The second-order valence-corrected chi connectivity index (χ2v) is 5.69. The summed E-state index contributed by atoms with van der Waals surface area (Å²) in [5.74, 6) is 0. The molecule has 1 unspecified atom stereocenters. The summed E-state index contributed by atoms with van der Waals surface area (Å²) < 4.78 is 17.0. The fourth-order valence-corrected chi connectivity index (χ4v) is 2.72. The molecule has 4 heteroatoms. The first-order chi connectivity index (χ1) is 6.11. The van der Waals surface area contributed by atoms with Crippen molar-refractivity contribution in [2.45, 2.75) is 0 Å². The van der Waals surface area contributed by atoms with Gasteiger partial charge in [-0.15, -0.1) is 0 Å². The predicted molar refractivity (Wildman–Crippen MR) is 55.7 cm³/mol. The highest BCUT2D eigenvalue weighted by molar-refractivity contribution is 7.73. The topological polar surface area (TPSA) is 26.3 Å². The molecule has 0 aromatic heterocycles. The minimum atomic E-state index is -3.05. The molecule has 0 aliphatic heterocycles. The van der Waals surface area contributed by atoms with Crippen molar-refractivity contribution >= 4 is 24.3 Å². The maximum atomic E-state index is 12.0. The van der Waals surface area contributed by atoms with E-state index in [1.165, 1.54) is 7.11 Å². The molecule has 70 valence electrons. The third-order valence-electron chi connectivity index (χ3n) is 1.67. The van der Waals surface area contributed by atoms with Gasteiger partial charge in [-0.2, -0.15) is 0 Å². The van der Waals surface area contributed by atoms with E-state index in [1.807, 2.05) is 6.07 Å². The Bertz CT molecular complexity index is 348. The molecule has 0 aliphatic rings. The van der Waals surface area contributed by atoms with Gasteiger partial charge in [-0.05, 0) is 12.1 Å². The molecular weight excluding hydrogens is 207 g/mol. The Kier molecular flexibility index (Phi) is 3.32. The zero-order valence-electron chi connectivity index (χ0n) is 7.24. The zero-order valence-corrected chi connectivity index (χ0v) is 8.89. The van der Waals surface area contributed by atoms with Crippen LogP contribution in [0.25, 0.3) is 0 Å². The summed E-state index contributed by atoms with van der Waals surface area (Å²) in [7, 11) is -1.69. The van der Waals surface area contributed by atoms with Crippen LogP contribution in [0, 0.1) is 0 Å². The summed E-state index contributed by atoms with van der Waals surface area (Å²) in [6, 6.07) is 8.80. The third kappa shape index (κ3) is 2.02. The maximum Gasteiger partial charge on any atom is 0.271 e. The van der Waals surface area contributed by atoms with Gasteiger partial charge in [0.25, 0.3) is 7.37 Å². The number of benzene rings is 1. The smallest absolute Gasteiger partial charge is 0.271 e. The van der Waals surface area contributed by atoms with Gasteiger partial charge >= 0.3 is 0 Å². The molecule has 2 nitrogen and oxygen atoms in total. The highest BCUT2D eigenvalue weighted by Gasteiger charge is 2.26. The number of halogens is 1. The summed E-state index contributed by atoms with van der Waals surface area (Å²) in [6.45, 7) is 3.45. The van der Waals surface area contributed by atoms with Gasteiger partial charge in [0.05, 0.1) is 4.77 Å². The van der Waals surface area contributed by atoms with Crippen molar-refractivity contribution in [1.29, 1.82) is 0 Å². The molecule has 0 heterocycles. The molecule has 0 N–H and O–H groups in total. The highest BCUT2D eigenvalue weighted by atomic mass is 35.5. The van der Waals surface area contributed by atoms with Crippen molar-refractivity contribution in [3.8, 4) is 0 Å². The molecule has 0 bridgehead atoms. The van der Waals surface area contributed by atoms with E-state index in [0.717, 1.165) is 0 Å². The molecule has 1 aromatic rings. The Morgan fingerprint density at radius 1 is 1.46 bits per heavy atom. The predicted octanol–water partition coefficient (Wildman–Crippen LogP) is 2.95. The second-order valence-electron chi connectivity index (χ2n) is 2.45. The van der Waals surface area contributed by atoms with Crippen LogP contribution in [-0.2, 0) is 9.09 Å². The fraction of sp³-hybridized carbons (Fsp3) is 0.111. The van der Waals surface area contributed by atoms with Crippen LogP contribution in [0.2, 0.25) is 0 Å². The average Bonchev–Trinajstić information content (AvgIpc) is 2.17. The monoisotopic (exact) mass is 216 g/mol. The van der Waals surface area contributed by atoms with Gasteiger partial charge in [-0.25, -0.2) is 0 Å². The quantitative estimate of drug-likeness (QED) is 0.727. The van der Waals surface area contributed by atoms with E-state index >= 15 is 0 Å². The summed E-state index contributed by atoms with van der Waals surface area (Å²) >= 11 is 5.64. The van der Waals surface area contributed by atoms with Crippen molar-refractivity contribution in [1.82, 2.24) is 0 Å². The van der Waals surface area contributed by atoms with Crippen LogP contribution in [0.1, 0.15) is 0 Å². The van der Waals surface area contributed by atoms with Gasteiger partial charge in [0.1, 0.15) is 0 Å². The molecule has 1 rings (SSSR count). The molecule has 0 spiro atoms. The van der Waals surface area contributed by atoms with Gasteiger partial charge < -0.3 is 4.52 Å². The minimum Gasteiger partial charge on any atom is -0.325 e. The molecule has 0 amide bonds. The van der Waals surface area contributed by atoms with Crippen molar-refractivity contribution < 1.29 is 9.09 Å². The Morgan fingerprint density at radius 2 is 2.00 bits per heavy atom. The summed E-state index contributed by atoms with van der Waals surface area (Å²) in [6.07, 6.45) is 0. The summed E-state index contributed by atoms with van der Waals surface area (Å²) in [4.78, 5) is 0. The van der Waals surface area contributed by atoms with Crippen LogP contribution < -0.4 is 5.30 Å². The molecule has 0 saturated heterocycles. The Hall–Kier alpha value is -0.560. The van der Waals surface area contributed by atoms with Crippen LogP contribution in [0.3, 0.4) is 0 Å². The van der Waals surface area contributed by atoms with Crippen LogP contribution in [-0.4, -0.2) is 7.11 Å². The first-order valence-corrected chi connectivity index (χ1v) is 5.68. The minimum absolute atomic E-state index is 0.0428. The van der Waals surface area contributed by atoms with E-state index in [0.29, 0.717) is 5.30 Å². The second kappa shape index (κ2) is 4.10. The molecule has 0 saturated carbocycles. The molecule has 0 fully saturated rings. The highest BCUT2D eigenvalue weighted by Crippen LogP contribution is 2.53. The zero-order chi connectivity index (χ0) is 9.90. The lowest BCUT2D eigenvalue weighted by molar-refractivity contribution is 0.410. The van der Waals surface area contributed by atoms with Gasteiger partial charge in [-0.1, -0.05) is 36.4 Å². The van der Waals surface area contributed by atoms with Gasteiger partial charge in [0, 0.05) is 12.4 Å². The first kappa shape index (κ1) is 10.5. The van der Waals surface area contributed by atoms with Gasteiger partial charge in [-0.3, -0.25) is 4.57 Å². The van der Waals surface area contributed by atoms with Gasteiger partial charge in [0.2, 0.25) is 0 Å². The lowest BCUT2D eigenvalue weighted by atomic mass is 10.4. The normalized spacial score (nSPS) is 14.9. The van der Waals surface area contributed by atoms with E-state index in [2.05, 4.69) is 6.58 Å². The lowest BCUT2D eigenvalue weighted by Gasteiger charge is -2.14. The van der Waals surface area contributed by atoms with Crippen molar-refractivity contribution in [3.05, 3.63) is 41.7 Å². The number of hydrogen-bond acceptors (Lipinski definition) is 2. The van der Waals surface area contributed by atoms with Crippen molar-refractivity contribution in [3.63, 3.8) is 0 Å². The van der Waals surface area contributed by atoms with E-state index in [9.17, 15) is 4.57 Å². The van der Waals surface area contributed by atoms with E-state index in [4.69, 9.17) is 16.1 Å². The van der Waals surface area contributed by atoms with Gasteiger partial charge in [0.15, 0.2) is 0 Å². The SMILES string of the molecule is C=C(Cl)P(=O)(OC)c1ccccc1. The number of rotatable bonds is 3. The maximum absolute atomic E-state index is 12.0. The number of hydrogen-bond donors (Lipinski definition) is 0. The lowest BCUT2D eigenvalue weighted by Crippen LogP contribution is -2.04. The van der Waals surface area contributed by atoms with E-state index in [1.54, 1.807) is 24.3 Å². The largest absolute Gasteiger partial charge is 0.325 e. The Balaban J connectivity index is 3.19. The van der Waals surface area contributed by atoms with Crippen LogP contribution in [0.4, 0.5) is 0 Å². The first-order valence-electron chi connectivity index (χ1n) is 3.67. The van der Waals surface area contributed by atoms with E-state index in [-0.39, 0.29) is 4.77 Å². The molecule has 0 aliphatic carbocycles. The molecule has 1 aromatic carbocycles. The molecule has 13 heavy (non-hydrogen) atoms. The van der Waals surface area contributed by atoms with Crippen LogP contribution in [0.15, 0.2) is 41.7 Å². The molecule has 0 radical (unpaired) electrons. The standard InChI is InChI=1S/C9H10ClO2P/c1-8(10)13(11,12-2)9-6-4-3-5-7-9/h3-7H,1H2,2H3. The average molecular weight is 217 g/mol. The summed E-state index contributed by atoms with van der Waals surface area (Å²) in [5, 5.41) is 0.567. The fourth-order valence-electron chi connectivity index (χ4n) is 0.969. The Labute approximate surface area is 82.6 Å². The third-order valence-corrected chi connectivity index (χ3v) is 4.47. The van der Waals surface area contributed by atoms with Crippen molar-refractivity contribution in [2.75, 3.05) is 7.11 Å². The van der Waals surface area contributed by atoms with E-state index < -0.39 is 7.37 Å². The summed E-state index contributed by atoms with van der Waals surface area (Å²) in [5.41, 5.74) is 0.